The molecule has 1 fully saturated rings. The van der Waals surface area contributed by atoms with Crippen LogP contribution in [-0.4, -0.2) is 12.1 Å². The van der Waals surface area contributed by atoms with Gasteiger partial charge in [0.15, 0.2) is 0 Å². The van der Waals surface area contributed by atoms with Crippen molar-refractivity contribution in [2.24, 2.45) is 5.92 Å². The normalized spacial score (nSPS) is 18.7. The molecule has 0 bridgehead atoms. The minimum absolute atomic E-state index is 0.00793. The summed E-state index contributed by atoms with van der Waals surface area (Å²) in [5.74, 6) is 1.42. The topological polar surface area (TPSA) is 31.4 Å². The first-order valence-corrected chi connectivity index (χ1v) is 10.2. The zero-order chi connectivity index (χ0) is 21.0. The third-order valence-corrected chi connectivity index (χ3v) is 6.33. The summed E-state index contributed by atoms with van der Waals surface area (Å²) < 4.78 is 40.2. The highest BCUT2D eigenvalue weighted by molar-refractivity contribution is 5.73. The van der Waals surface area contributed by atoms with E-state index < -0.39 is 11.6 Å². The number of aryl methyl sites for hydroxylation is 2. The number of nitrogens with zero attached hydrogens (tertiary/aromatic N) is 1. The zero-order valence-corrected chi connectivity index (χ0v) is 17.3. The summed E-state index contributed by atoms with van der Waals surface area (Å²) in [6, 6.07) is 8.12. The lowest BCUT2D eigenvalue weighted by atomic mass is 9.93. The number of ether oxygens (including phenoxy) is 2. The molecule has 0 radical (unpaired) electrons. The molecule has 2 aliphatic carbocycles. The van der Waals surface area contributed by atoms with Crippen molar-refractivity contribution in [3.05, 3.63) is 76.0 Å². The molecule has 0 N–H and O–H groups in total. The Morgan fingerprint density at radius 3 is 2.53 bits per heavy atom. The Morgan fingerprint density at radius 1 is 1.03 bits per heavy atom. The predicted octanol–water partition coefficient (Wildman–Crippen LogP) is 5.89. The monoisotopic (exact) mass is 407 g/mol. The van der Waals surface area contributed by atoms with E-state index in [0.29, 0.717) is 28.7 Å². The lowest BCUT2D eigenvalue weighted by molar-refractivity contribution is 0.287. The van der Waals surface area contributed by atoms with Crippen LogP contribution in [0, 0.1) is 31.4 Å². The Balaban J connectivity index is 1.43. The van der Waals surface area contributed by atoms with Gasteiger partial charge in [-0.15, -0.1) is 0 Å². The average Bonchev–Trinajstić information content (AvgIpc) is 3.38. The molecule has 1 aromatic heterocycles. The fraction of sp³-hybridized carbons (Fsp3) is 0.320. The van der Waals surface area contributed by atoms with Gasteiger partial charge >= 0.3 is 0 Å². The van der Waals surface area contributed by atoms with Crippen LogP contribution in [0.3, 0.4) is 0 Å². The molecule has 2 aromatic carbocycles. The molecule has 0 amide bonds. The lowest BCUT2D eigenvalue weighted by Gasteiger charge is -2.15. The highest BCUT2D eigenvalue weighted by atomic mass is 19.1. The second-order valence-electron chi connectivity index (χ2n) is 8.38. The van der Waals surface area contributed by atoms with Crippen LogP contribution in [-0.2, 0) is 13.0 Å². The number of methoxy groups -OCH3 is 1. The number of hydrogen-bond donors (Lipinski definition) is 0. The van der Waals surface area contributed by atoms with E-state index in [1.165, 1.54) is 23.6 Å². The van der Waals surface area contributed by atoms with Gasteiger partial charge in [0.1, 0.15) is 24.0 Å². The van der Waals surface area contributed by atoms with Gasteiger partial charge in [0.05, 0.1) is 7.11 Å². The van der Waals surface area contributed by atoms with Crippen LogP contribution in [0.25, 0.3) is 11.1 Å². The lowest BCUT2D eigenvalue weighted by Crippen LogP contribution is -2.03. The molecule has 3 aromatic rings. The molecular formula is C25H23F2NO2. The fourth-order valence-electron chi connectivity index (χ4n) is 4.73. The Kier molecular flexibility index (Phi) is 4.49. The average molecular weight is 407 g/mol. The van der Waals surface area contributed by atoms with Crippen LogP contribution in [0.2, 0.25) is 0 Å². The second-order valence-corrected chi connectivity index (χ2v) is 8.38. The number of fused-ring (bicyclic) bond motifs is 3. The number of halogens is 2. The Labute approximate surface area is 174 Å². The first-order chi connectivity index (χ1) is 14.4. The van der Waals surface area contributed by atoms with Crippen LogP contribution in [0.5, 0.6) is 11.6 Å². The van der Waals surface area contributed by atoms with Crippen LogP contribution in [0.1, 0.15) is 40.2 Å². The molecule has 0 aliphatic heterocycles. The summed E-state index contributed by atoms with van der Waals surface area (Å²) in [5.41, 5.74) is 5.73. The van der Waals surface area contributed by atoms with Crippen LogP contribution in [0.4, 0.5) is 8.78 Å². The highest BCUT2D eigenvalue weighted by Gasteiger charge is 2.45. The van der Waals surface area contributed by atoms with Crippen molar-refractivity contribution in [3.8, 4) is 22.8 Å². The van der Waals surface area contributed by atoms with Gasteiger partial charge in [-0.25, -0.2) is 13.8 Å². The molecule has 1 heterocycles. The molecule has 154 valence electrons. The van der Waals surface area contributed by atoms with E-state index in [9.17, 15) is 8.78 Å². The van der Waals surface area contributed by atoms with Crippen LogP contribution >= 0.6 is 0 Å². The molecule has 2 atom stereocenters. The minimum atomic E-state index is -0.623. The number of rotatable bonds is 5. The van der Waals surface area contributed by atoms with Crippen LogP contribution < -0.4 is 9.47 Å². The number of hydrogen-bond acceptors (Lipinski definition) is 3. The quantitative estimate of drug-likeness (QED) is 0.528. The standard InChI is InChI=1S/C25H23F2NO2/c1-13-4-18(29-3)5-14(2)25(13)20-8-17(22(26)10-23(20)27)12-30-24-9-16-6-15-7-19(15)21(16)11-28-24/h4-5,8-11,15,19H,6-7,12H2,1-3H3/t15-,19?/m0/s1. The maximum atomic E-state index is 14.7. The van der Waals surface area contributed by atoms with Gasteiger partial charge in [-0.3, -0.25) is 0 Å². The maximum absolute atomic E-state index is 14.7. The third-order valence-electron chi connectivity index (χ3n) is 6.33. The summed E-state index contributed by atoms with van der Waals surface area (Å²) >= 11 is 0. The fourth-order valence-corrected chi connectivity index (χ4v) is 4.73. The third kappa shape index (κ3) is 3.22. The van der Waals surface area contributed by atoms with Gasteiger partial charge < -0.3 is 9.47 Å². The van der Waals surface area contributed by atoms with Crippen molar-refractivity contribution in [1.82, 2.24) is 4.98 Å². The van der Waals surface area contributed by atoms with Crippen molar-refractivity contribution >= 4 is 0 Å². The van der Waals surface area contributed by atoms with Crippen molar-refractivity contribution in [2.45, 2.75) is 39.2 Å². The summed E-state index contributed by atoms with van der Waals surface area (Å²) in [6.07, 6.45) is 4.23. The van der Waals surface area contributed by atoms with E-state index in [-0.39, 0.29) is 6.61 Å². The summed E-state index contributed by atoms with van der Waals surface area (Å²) in [5, 5.41) is 0. The Hall–Kier alpha value is -2.95. The zero-order valence-electron chi connectivity index (χ0n) is 17.3. The maximum Gasteiger partial charge on any atom is 0.213 e. The van der Waals surface area contributed by atoms with Gasteiger partial charge in [-0.05, 0) is 84.5 Å². The molecule has 5 heteroatoms. The van der Waals surface area contributed by atoms with Crippen molar-refractivity contribution in [1.29, 1.82) is 0 Å². The minimum Gasteiger partial charge on any atom is -0.497 e. The first-order valence-electron chi connectivity index (χ1n) is 10.2. The first kappa shape index (κ1) is 19.0. The number of pyridine rings is 1. The van der Waals surface area contributed by atoms with Gasteiger partial charge in [0.2, 0.25) is 5.88 Å². The van der Waals surface area contributed by atoms with Crippen molar-refractivity contribution in [2.75, 3.05) is 7.11 Å². The Bertz CT molecular complexity index is 1140. The molecule has 0 spiro atoms. The molecule has 1 unspecified atom stereocenters. The van der Waals surface area contributed by atoms with Crippen molar-refractivity contribution in [3.63, 3.8) is 0 Å². The van der Waals surface area contributed by atoms with Gasteiger partial charge in [-0.1, -0.05) is 0 Å². The van der Waals surface area contributed by atoms with E-state index in [4.69, 9.17) is 9.47 Å². The summed E-state index contributed by atoms with van der Waals surface area (Å²) in [4.78, 5) is 4.39. The molecule has 0 saturated heterocycles. The van der Waals surface area contributed by atoms with Crippen molar-refractivity contribution < 1.29 is 18.3 Å². The van der Waals surface area contributed by atoms with Gasteiger partial charge in [0.25, 0.3) is 0 Å². The molecule has 30 heavy (non-hydrogen) atoms. The number of aromatic nitrogens is 1. The smallest absolute Gasteiger partial charge is 0.213 e. The highest BCUT2D eigenvalue weighted by Crippen LogP contribution is 2.56. The largest absolute Gasteiger partial charge is 0.497 e. The van der Waals surface area contributed by atoms with E-state index in [2.05, 4.69) is 4.98 Å². The van der Waals surface area contributed by atoms with Gasteiger partial charge in [0, 0.05) is 29.5 Å². The molecule has 2 aliphatic rings. The van der Waals surface area contributed by atoms with Crippen LogP contribution in [0.15, 0.2) is 36.5 Å². The summed E-state index contributed by atoms with van der Waals surface area (Å²) in [7, 11) is 1.60. The molecule has 5 rings (SSSR count). The summed E-state index contributed by atoms with van der Waals surface area (Å²) in [6.45, 7) is 3.78. The number of benzene rings is 2. The SMILES string of the molecule is COc1cc(C)c(-c2cc(COc3cc4c(cn3)C3C[C@@H]3C4)c(F)cc2F)c(C)c1. The van der Waals surface area contributed by atoms with E-state index in [1.807, 2.05) is 38.2 Å². The molecule has 1 saturated carbocycles. The van der Waals surface area contributed by atoms with Gasteiger partial charge in [-0.2, -0.15) is 0 Å². The van der Waals surface area contributed by atoms with E-state index in [1.54, 1.807) is 7.11 Å². The Morgan fingerprint density at radius 2 is 1.80 bits per heavy atom. The second kappa shape index (κ2) is 7.08. The van der Waals surface area contributed by atoms with E-state index in [0.717, 1.165) is 35.1 Å². The molecule has 3 nitrogen and oxygen atoms in total. The van der Waals surface area contributed by atoms with E-state index >= 15 is 0 Å². The predicted molar refractivity (Wildman–Crippen MR) is 111 cm³/mol. The molecular weight excluding hydrogens is 384 g/mol.